The molecule has 4 heteroatoms. The normalized spacial score (nSPS) is 23.3. The maximum absolute atomic E-state index is 5.23. The minimum Gasteiger partial charge on any atom is -0.496 e. The van der Waals surface area contributed by atoms with Gasteiger partial charge in [-0.1, -0.05) is 6.07 Å². The largest absolute Gasteiger partial charge is 0.496 e. The maximum atomic E-state index is 5.23. The van der Waals surface area contributed by atoms with Crippen molar-refractivity contribution >= 4 is 27.7 Å². The fourth-order valence-electron chi connectivity index (χ4n) is 2.27. The predicted molar refractivity (Wildman–Crippen MR) is 82.5 cm³/mol. The summed E-state index contributed by atoms with van der Waals surface area (Å²) in [5.74, 6) is 2.20. The summed E-state index contributed by atoms with van der Waals surface area (Å²) in [6.45, 7) is 4.36. The number of halogens is 1. The summed E-state index contributed by atoms with van der Waals surface area (Å²) in [7, 11) is 1.69. The first-order valence-corrected chi connectivity index (χ1v) is 8.08. The van der Waals surface area contributed by atoms with Gasteiger partial charge < -0.3 is 10.1 Å². The molecule has 1 heterocycles. The standard InChI is InChI=1S/C14H20BrNOS/c1-14(6-3-7-18-14)10-16-9-11-4-5-13(17-2)12(15)8-11/h4-5,8,16H,3,6-7,9-10H2,1-2H3. The lowest BCUT2D eigenvalue weighted by molar-refractivity contribution is 0.412. The Morgan fingerprint density at radius 1 is 1.50 bits per heavy atom. The number of thioether (sulfide) groups is 1. The van der Waals surface area contributed by atoms with Gasteiger partial charge in [0.25, 0.3) is 0 Å². The van der Waals surface area contributed by atoms with Crippen LogP contribution < -0.4 is 10.1 Å². The average Bonchev–Trinajstić information content (AvgIpc) is 2.77. The van der Waals surface area contributed by atoms with Crippen molar-refractivity contribution < 1.29 is 4.74 Å². The predicted octanol–water partition coefficient (Wildman–Crippen LogP) is 3.83. The minimum absolute atomic E-state index is 0.434. The molecular weight excluding hydrogens is 310 g/mol. The van der Waals surface area contributed by atoms with Crippen LogP contribution in [0.1, 0.15) is 25.3 Å². The summed E-state index contributed by atoms with van der Waals surface area (Å²) in [6.07, 6.45) is 2.69. The Morgan fingerprint density at radius 3 is 2.94 bits per heavy atom. The van der Waals surface area contributed by atoms with E-state index in [4.69, 9.17) is 4.74 Å². The van der Waals surface area contributed by atoms with Gasteiger partial charge in [0, 0.05) is 17.8 Å². The number of rotatable bonds is 5. The van der Waals surface area contributed by atoms with Crippen LogP contribution in [0.2, 0.25) is 0 Å². The van der Waals surface area contributed by atoms with E-state index >= 15 is 0 Å². The summed E-state index contributed by atoms with van der Waals surface area (Å²) in [4.78, 5) is 0. The van der Waals surface area contributed by atoms with E-state index in [1.54, 1.807) is 7.11 Å². The summed E-state index contributed by atoms with van der Waals surface area (Å²) < 4.78 is 6.68. The van der Waals surface area contributed by atoms with Crippen molar-refractivity contribution in [2.45, 2.75) is 31.1 Å². The van der Waals surface area contributed by atoms with E-state index < -0.39 is 0 Å². The van der Waals surface area contributed by atoms with Crippen molar-refractivity contribution in [3.05, 3.63) is 28.2 Å². The third-order valence-corrected chi connectivity index (χ3v) is 5.50. The number of hydrogen-bond donors (Lipinski definition) is 1. The second kappa shape index (κ2) is 6.31. The molecule has 18 heavy (non-hydrogen) atoms. The van der Waals surface area contributed by atoms with Crippen molar-refractivity contribution in [1.82, 2.24) is 5.32 Å². The highest BCUT2D eigenvalue weighted by molar-refractivity contribution is 9.10. The van der Waals surface area contributed by atoms with Gasteiger partial charge in [0.1, 0.15) is 5.75 Å². The number of benzene rings is 1. The van der Waals surface area contributed by atoms with Gasteiger partial charge in [0.05, 0.1) is 11.6 Å². The molecule has 0 aliphatic carbocycles. The van der Waals surface area contributed by atoms with Crippen LogP contribution in [0.3, 0.4) is 0 Å². The zero-order chi connectivity index (χ0) is 13.0. The summed E-state index contributed by atoms with van der Waals surface area (Å²) in [6, 6.07) is 6.24. The first-order chi connectivity index (χ1) is 8.63. The lowest BCUT2D eigenvalue weighted by Gasteiger charge is -2.23. The molecule has 1 unspecified atom stereocenters. The van der Waals surface area contributed by atoms with Crippen molar-refractivity contribution in [3.63, 3.8) is 0 Å². The Kier molecular flexibility index (Phi) is 4.98. The first kappa shape index (κ1) is 14.2. The molecule has 2 nitrogen and oxygen atoms in total. The molecule has 2 rings (SSSR count). The maximum Gasteiger partial charge on any atom is 0.133 e. The highest BCUT2D eigenvalue weighted by Crippen LogP contribution is 2.37. The summed E-state index contributed by atoms with van der Waals surface area (Å²) >= 11 is 5.62. The summed E-state index contributed by atoms with van der Waals surface area (Å²) in [5, 5.41) is 3.57. The Balaban J connectivity index is 1.85. The van der Waals surface area contributed by atoms with Crippen LogP contribution in [0, 0.1) is 0 Å². The third-order valence-electron chi connectivity index (χ3n) is 3.34. The lowest BCUT2D eigenvalue weighted by Crippen LogP contribution is -2.32. The fourth-order valence-corrected chi connectivity index (χ4v) is 4.13. The number of nitrogens with one attached hydrogen (secondary N) is 1. The van der Waals surface area contributed by atoms with E-state index in [1.807, 2.05) is 6.07 Å². The second-order valence-corrected chi connectivity index (χ2v) is 7.51. The smallest absolute Gasteiger partial charge is 0.133 e. The van der Waals surface area contributed by atoms with E-state index in [-0.39, 0.29) is 0 Å². The number of ether oxygens (including phenoxy) is 1. The quantitative estimate of drug-likeness (QED) is 0.886. The minimum atomic E-state index is 0.434. The Morgan fingerprint density at radius 2 is 2.33 bits per heavy atom. The zero-order valence-electron chi connectivity index (χ0n) is 11.0. The van der Waals surface area contributed by atoms with Gasteiger partial charge in [0.2, 0.25) is 0 Å². The number of methoxy groups -OCH3 is 1. The lowest BCUT2D eigenvalue weighted by atomic mass is 10.1. The molecule has 1 aromatic carbocycles. The van der Waals surface area contributed by atoms with Gasteiger partial charge in [-0.25, -0.2) is 0 Å². The third kappa shape index (κ3) is 3.65. The highest BCUT2D eigenvalue weighted by atomic mass is 79.9. The fraction of sp³-hybridized carbons (Fsp3) is 0.571. The van der Waals surface area contributed by atoms with Gasteiger partial charge in [-0.3, -0.25) is 0 Å². The SMILES string of the molecule is COc1ccc(CNCC2(C)CCCS2)cc1Br. The molecule has 1 atom stereocenters. The second-order valence-electron chi connectivity index (χ2n) is 4.97. The van der Waals surface area contributed by atoms with Gasteiger partial charge in [-0.2, -0.15) is 11.8 Å². The van der Waals surface area contributed by atoms with Crippen LogP contribution in [-0.4, -0.2) is 24.2 Å². The van der Waals surface area contributed by atoms with E-state index in [0.717, 1.165) is 23.3 Å². The molecule has 1 N–H and O–H groups in total. The van der Waals surface area contributed by atoms with Crippen LogP contribution in [0.5, 0.6) is 5.75 Å². The van der Waals surface area contributed by atoms with Crippen molar-refractivity contribution in [1.29, 1.82) is 0 Å². The molecular formula is C14H20BrNOS. The van der Waals surface area contributed by atoms with Gasteiger partial charge in [0.15, 0.2) is 0 Å². The molecule has 0 saturated carbocycles. The molecule has 0 aromatic heterocycles. The van der Waals surface area contributed by atoms with Crippen molar-refractivity contribution in [2.75, 3.05) is 19.4 Å². The molecule has 0 spiro atoms. The summed E-state index contributed by atoms with van der Waals surface area (Å²) in [5.41, 5.74) is 1.29. The van der Waals surface area contributed by atoms with E-state index in [1.165, 1.54) is 24.2 Å². The Labute approximate surface area is 122 Å². The Hall–Kier alpha value is -0.190. The van der Waals surface area contributed by atoms with E-state index in [0.29, 0.717) is 4.75 Å². The van der Waals surface area contributed by atoms with Crippen LogP contribution in [0.25, 0.3) is 0 Å². The monoisotopic (exact) mass is 329 g/mol. The van der Waals surface area contributed by atoms with Crippen molar-refractivity contribution in [3.8, 4) is 5.75 Å². The van der Waals surface area contributed by atoms with Crippen LogP contribution in [0.15, 0.2) is 22.7 Å². The molecule has 1 saturated heterocycles. The van der Waals surface area contributed by atoms with Gasteiger partial charge >= 0.3 is 0 Å². The number of hydrogen-bond acceptors (Lipinski definition) is 3. The molecule has 0 bridgehead atoms. The van der Waals surface area contributed by atoms with Crippen LogP contribution >= 0.6 is 27.7 Å². The van der Waals surface area contributed by atoms with Crippen molar-refractivity contribution in [2.24, 2.45) is 0 Å². The average molecular weight is 330 g/mol. The zero-order valence-corrected chi connectivity index (χ0v) is 13.4. The first-order valence-electron chi connectivity index (χ1n) is 6.30. The molecule has 1 fully saturated rings. The van der Waals surface area contributed by atoms with Gasteiger partial charge in [-0.05, 0) is 59.1 Å². The molecule has 1 aliphatic heterocycles. The molecule has 1 aromatic rings. The topological polar surface area (TPSA) is 21.3 Å². The molecule has 1 aliphatic rings. The highest BCUT2D eigenvalue weighted by Gasteiger charge is 2.28. The van der Waals surface area contributed by atoms with E-state index in [9.17, 15) is 0 Å². The van der Waals surface area contributed by atoms with Crippen LogP contribution in [0.4, 0.5) is 0 Å². The molecule has 100 valence electrons. The van der Waals surface area contributed by atoms with E-state index in [2.05, 4.69) is 52.1 Å². The molecule has 0 amide bonds. The Bertz CT molecular complexity index is 405. The molecule has 0 radical (unpaired) electrons. The van der Waals surface area contributed by atoms with Crippen LogP contribution in [-0.2, 0) is 6.54 Å². The van der Waals surface area contributed by atoms with Gasteiger partial charge in [-0.15, -0.1) is 0 Å².